The number of amides is 1. The van der Waals surface area contributed by atoms with Gasteiger partial charge in [0.15, 0.2) is 0 Å². The molecule has 2 heterocycles. The van der Waals surface area contributed by atoms with E-state index in [4.69, 9.17) is 0 Å². The van der Waals surface area contributed by atoms with Crippen molar-refractivity contribution in [2.75, 3.05) is 6.54 Å². The zero-order valence-corrected chi connectivity index (χ0v) is 15.4. The van der Waals surface area contributed by atoms with Crippen LogP contribution in [0.4, 0.5) is 0 Å². The molecule has 1 amide bonds. The van der Waals surface area contributed by atoms with E-state index in [9.17, 15) is 4.79 Å². The Morgan fingerprint density at radius 1 is 1.24 bits per heavy atom. The van der Waals surface area contributed by atoms with Gasteiger partial charge < -0.3 is 14.8 Å². The van der Waals surface area contributed by atoms with Gasteiger partial charge in [0.2, 0.25) is 5.91 Å². The maximum Gasteiger partial charge on any atom is 0.223 e. The molecule has 5 heteroatoms. The standard InChI is InChI=1S/C20H30N4O/c1-14-3-6-16(7-4-14)22-13-15-5-10-18(25)24(17-8-9-17)19(15)20-21-11-12-23(20)2/h3,11-12,15-17,19,22H,4-10,13H2,1-2H3/t15-,16?,19+/m1/s1. The highest BCUT2D eigenvalue weighted by Gasteiger charge is 2.45. The monoisotopic (exact) mass is 342 g/mol. The lowest BCUT2D eigenvalue weighted by Gasteiger charge is -2.41. The van der Waals surface area contributed by atoms with Crippen LogP contribution >= 0.6 is 0 Å². The number of aromatic nitrogens is 2. The maximum atomic E-state index is 12.6. The molecule has 25 heavy (non-hydrogen) atoms. The molecule has 0 spiro atoms. The smallest absolute Gasteiger partial charge is 0.223 e. The molecule has 136 valence electrons. The molecule has 1 unspecified atom stereocenters. The largest absolute Gasteiger partial charge is 0.336 e. The number of hydrogen-bond acceptors (Lipinski definition) is 3. The summed E-state index contributed by atoms with van der Waals surface area (Å²) < 4.78 is 2.10. The zero-order valence-electron chi connectivity index (χ0n) is 15.4. The van der Waals surface area contributed by atoms with E-state index in [1.807, 2.05) is 19.4 Å². The van der Waals surface area contributed by atoms with E-state index in [1.165, 1.54) is 18.4 Å². The van der Waals surface area contributed by atoms with Crippen LogP contribution in [0.15, 0.2) is 24.0 Å². The molecular weight excluding hydrogens is 312 g/mol. The Morgan fingerprint density at radius 2 is 2.08 bits per heavy atom. The fourth-order valence-corrected chi connectivity index (χ4v) is 4.44. The second-order valence-electron chi connectivity index (χ2n) is 8.10. The Kier molecular flexibility index (Phi) is 4.67. The fraction of sp³-hybridized carbons (Fsp3) is 0.700. The molecule has 0 aromatic carbocycles. The van der Waals surface area contributed by atoms with Crippen molar-refractivity contribution in [2.45, 2.75) is 70.0 Å². The van der Waals surface area contributed by atoms with Crippen molar-refractivity contribution in [1.29, 1.82) is 0 Å². The number of hydrogen-bond donors (Lipinski definition) is 1. The first-order chi connectivity index (χ1) is 12.1. The molecule has 1 saturated heterocycles. The van der Waals surface area contributed by atoms with Crippen molar-refractivity contribution in [1.82, 2.24) is 19.8 Å². The van der Waals surface area contributed by atoms with Crippen molar-refractivity contribution in [3.05, 3.63) is 29.9 Å². The molecule has 2 fully saturated rings. The average molecular weight is 342 g/mol. The van der Waals surface area contributed by atoms with Crippen LogP contribution in [0.25, 0.3) is 0 Å². The van der Waals surface area contributed by atoms with Crippen LogP contribution in [0.2, 0.25) is 0 Å². The minimum atomic E-state index is 0.127. The topological polar surface area (TPSA) is 50.2 Å². The van der Waals surface area contributed by atoms with Gasteiger partial charge in [0.1, 0.15) is 5.82 Å². The molecule has 3 aliphatic rings. The van der Waals surface area contributed by atoms with Crippen LogP contribution < -0.4 is 5.32 Å². The number of piperidine rings is 1. The van der Waals surface area contributed by atoms with Crippen LogP contribution in [-0.2, 0) is 11.8 Å². The summed E-state index contributed by atoms with van der Waals surface area (Å²) in [6.07, 6.45) is 13.8. The van der Waals surface area contributed by atoms with E-state index in [-0.39, 0.29) is 6.04 Å². The highest BCUT2D eigenvalue weighted by molar-refractivity contribution is 5.78. The summed E-state index contributed by atoms with van der Waals surface area (Å²) in [5.74, 6) is 1.82. The summed E-state index contributed by atoms with van der Waals surface area (Å²) in [5, 5.41) is 3.80. The molecule has 1 aliphatic heterocycles. The molecule has 0 radical (unpaired) electrons. The van der Waals surface area contributed by atoms with Crippen LogP contribution in [0.3, 0.4) is 0 Å². The summed E-state index contributed by atoms with van der Waals surface area (Å²) in [4.78, 5) is 19.4. The van der Waals surface area contributed by atoms with Gasteiger partial charge in [-0.05, 0) is 51.4 Å². The van der Waals surface area contributed by atoms with Gasteiger partial charge in [0, 0.05) is 44.5 Å². The van der Waals surface area contributed by atoms with E-state index in [1.54, 1.807) is 0 Å². The number of nitrogens with zero attached hydrogens (tertiary/aromatic N) is 3. The van der Waals surface area contributed by atoms with Crippen LogP contribution in [-0.4, -0.2) is 39.0 Å². The molecule has 2 aliphatic carbocycles. The van der Waals surface area contributed by atoms with Crippen LogP contribution in [0.1, 0.15) is 63.7 Å². The van der Waals surface area contributed by atoms with Crippen molar-refractivity contribution in [2.24, 2.45) is 13.0 Å². The van der Waals surface area contributed by atoms with Crippen molar-refractivity contribution < 1.29 is 4.79 Å². The van der Waals surface area contributed by atoms with Gasteiger partial charge >= 0.3 is 0 Å². The zero-order chi connectivity index (χ0) is 17.4. The normalized spacial score (nSPS) is 30.5. The molecule has 1 saturated carbocycles. The number of carbonyl (C=O) groups is 1. The van der Waals surface area contributed by atoms with Crippen molar-refractivity contribution >= 4 is 5.91 Å². The van der Waals surface area contributed by atoms with E-state index in [0.717, 1.165) is 38.1 Å². The number of imidazole rings is 1. The first kappa shape index (κ1) is 16.8. The average Bonchev–Trinajstić information content (AvgIpc) is 3.36. The SMILES string of the molecule is CC1=CCC(NC[C@H]2CCC(=O)N(C3CC3)[C@@H]2c2nccn2C)CC1. The van der Waals surface area contributed by atoms with E-state index in [0.29, 0.717) is 30.3 Å². The summed E-state index contributed by atoms with van der Waals surface area (Å²) in [6.45, 7) is 3.21. The number of carbonyl (C=O) groups excluding carboxylic acids is 1. The molecule has 0 bridgehead atoms. The number of allylic oxidation sites excluding steroid dienone is 1. The molecule has 5 nitrogen and oxygen atoms in total. The summed E-state index contributed by atoms with van der Waals surface area (Å²) in [6, 6.07) is 1.15. The van der Waals surface area contributed by atoms with Gasteiger partial charge in [-0.1, -0.05) is 11.6 Å². The van der Waals surface area contributed by atoms with Gasteiger partial charge in [-0.2, -0.15) is 0 Å². The van der Waals surface area contributed by atoms with Crippen molar-refractivity contribution in [3.8, 4) is 0 Å². The van der Waals surface area contributed by atoms with Gasteiger partial charge in [-0.15, -0.1) is 0 Å². The third kappa shape index (κ3) is 3.52. The third-order valence-corrected chi connectivity index (χ3v) is 6.13. The lowest BCUT2D eigenvalue weighted by molar-refractivity contribution is -0.140. The first-order valence-corrected chi connectivity index (χ1v) is 9.81. The summed E-state index contributed by atoms with van der Waals surface area (Å²) >= 11 is 0. The second kappa shape index (κ2) is 6.94. The molecular formula is C20H30N4O. The first-order valence-electron chi connectivity index (χ1n) is 9.81. The molecule has 1 aromatic heterocycles. The van der Waals surface area contributed by atoms with Gasteiger partial charge in [-0.3, -0.25) is 4.79 Å². The quantitative estimate of drug-likeness (QED) is 0.837. The lowest BCUT2D eigenvalue weighted by atomic mass is 9.86. The predicted molar refractivity (Wildman–Crippen MR) is 97.9 cm³/mol. The minimum absolute atomic E-state index is 0.127. The molecule has 4 rings (SSSR count). The number of aryl methyl sites for hydroxylation is 1. The van der Waals surface area contributed by atoms with Crippen molar-refractivity contribution in [3.63, 3.8) is 0 Å². The molecule has 3 atom stereocenters. The molecule has 1 aromatic rings. The minimum Gasteiger partial charge on any atom is -0.336 e. The van der Waals surface area contributed by atoms with E-state index in [2.05, 4.69) is 32.8 Å². The third-order valence-electron chi connectivity index (χ3n) is 6.13. The Morgan fingerprint density at radius 3 is 2.72 bits per heavy atom. The Labute approximate surface area is 150 Å². The summed E-state index contributed by atoms with van der Waals surface area (Å²) in [5.41, 5.74) is 1.52. The Bertz CT molecular complexity index is 660. The second-order valence-corrected chi connectivity index (χ2v) is 8.10. The highest BCUT2D eigenvalue weighted by Crippen LogP contribution is 2.42. The lowest BCUT2D eigenvalue weighted by Crippen LogP contribution is -2.48. The van der Waals surface area contributed by atoms with E-state index >= 15 is 0 Å². The highest BCUT2D eigenvalue weighted by atomic mass is 16.2. The number of nitrogens with one attached hydrogen (secondary N) is 1. The van der Waals surface area contributed by atoms with Gasteiger partial charge in [-0.25, -0.2) is 4.98 Å². The predicted octanol–water partition coefficient (Wildman–Crippen LogP) is 2.95. The van der Waals surface area contributed by atoms with Crippen LogP contribution in [0.5, 0.6) is 0 Å². The number of likely N-dealkylation sites (tertiary alicyclic amines) is 1. The van der Waals surface area contributed by atoms with Gasteiger partial charge in [0.25, 0.3) is 0 Å². The molecule has 1 N–H and O–H groups in total. The summed E-state index contributed by atoms with van der Waals surface area (Å²) in [7, 11) is 2.05. The Hall–Kier alpha value is -1.62. The Balaban J connectivity index is 1.50. The van der Waals surface area contributed by atoms with E-state index < -0.39 is 0 Å². The van der Waals surface area contributed by atoms with Crippen LogP contribution in [0, 0.1) is 5.92 Å². The maximum absolute atomic E-state index is 12.6. The fourth-order valence-electron chi connectivity index (χ4n) is 4.44. The number of rotatable bonds is 5. The van der Waals surface area contributed by atoms with Gasteiger partial charge in [0.05, 0.1) is 6.04 Å².